The fraction of sp³-hybridized carbons (Fsp3) is 0.222. The number of rotatable bonds is 3. The lowest BCUT2D eigenvalue weighted by molar-refractivity contribution is -0.134. The van der Waals surface area contributed by atoms with Crippen LogP contribution in [0.3, 0.4) is 0 Å². The number of halogens is 1. The van der Waals surface area contributed by atoms with Crippen LogP contribution in [-0.4, -0.2) is 23.8 Å². The molecular formula is C18H17ClN2O2. The minimum absolute atomic E-state index is 0.0627. The third-order valence-corrected chi connectivity index (χ3v) is 4.22. The standard InChI is InChI=1S/C18H17ClN2O2/c1-21(11-12-5-4-6-13(19)9-12)18(23)15-10-17(22)20-16-8-3-2-7-14(15)16/h2-9,15H,10-11H2,1H3,(H,20,22). The number of para-hydroxylation sites is 1. The number of nitrogens with one attached hydrogen (secondary N) is 1. The Balaban J connectivity index is 1.81. The first-order chi connectivity index (χ1) is 11.0. The van der Waals surface area contributed by atoms with E-state index in [1.165, 1.54) is 0 Å². The monoisotopic (exact) mass is 328 g/mol. The zero-order valence-electron chi connectivity index (χ0n) is 12.8. The summed E-state index contributed by atoms with van der Waals surface area (Å²) in [6.07, 6.45) is 0.176. The highest BCUT2D eigenvalue weighted by atomic mass is 35.5. The summed E-state index contributed by atoms with van der Waals surface area (Å²) in [6.45, 7) is 0.458. The van der Waals surface area contributed by atoms with Crippen LogP contribution in [-0.2, 0) is 16.1 Å². The second-order valence-electron chi connectivity index (χ2n) is 5.72. The highest BCUT2D eigenvalue weighted by Crippen LogP contribution is 2.33. The molecule has 4 nitrogen and oxygen atoms in total. The molecule has 0 aromatic heterocycles. The summed E-state index contributed by atoms with van der Waals surface area (Å²) in [5, 5.41) is 3.46. The van der Waals surface area contributed by atoms with E-state index in [0.29, 0.717) is 11.6 Å². The van der Waals surface area contributed by atoms with E-state index >= 15 is 0 Å². The first kappa shape index (κ1) is 15.6. The number of hydrogen-bond acceptors (Lipinski definition) is 2. The molecule has 1 N–H and O–H groups in total. The van der Waals surface area contributed by atoms with Crippen LogP contribution in [0.4, 0.5) is 5.69 Å². The molecule has 2 aromatic rings. The van der Waals surface area contributed by atoms with Gasteiger partial charge in [-0.2, -0.15) is 0 Å². The lowest BCUT2D eigenvalue weighted by atomic mass is 9.89. The van der Waals surface area contributed by atoms with Gasteiger partial charge in [0.05, 0.1) is 5.92 Å². The van der Waals surface area contributed by atoms with Gasteiger partial charge in [0, 0.05) is 30.7 Å². The Morgan fingerprint density at radius 3 is 2.83 bits per heavy atom. The third kappa shape index (κ3) is 3.37. The minimum Gasteiger partial charge on any atom is -0.341 e. The van der Waals surface area contributed by atoms with Crippen LogP contribution in [0, 0.1) is 0 Å². The molecule has 118 valence electrons. The van der Waals surface area contributed by atoms with Gasteiger partial charge in [-0.25, -0.2) is 0 Å². The predicted molar refractivity (Wildman–Crippen MR) is 90.4 cm³/mol. The van der Waals surface area contributed by atoms with Crippen molar-refractivity contribution in [3.63, 3.8) is 0 Å². The number of carbonyl (C=O) groups excluding carboxylic acids is 2. The van der Waals surface area contributed by atoms with Gasteiger partial charge in [-0.05, 0) is 29.3 Å². The molecule has 0 saturated carbocycles. The van der Waals surface area contributed by atoms with Crippen LogP contribution < -0.4 is 5.32 Å². The number of benzene rings is 2. The van der Waals surface area contributed by atoms with Crippen molar-refractivity contribution in [2.75, 3.05) is 12.4 Å². The zero-order chi connectivity index (χ0) is 16.4. The molecule has 1 aliphatic heterocycles. The van der Waals surface area contributed by atoms with Crippen LogP contribution in [0.2, 0.25) is 5.02 Å². The molecule has 0 saturated heterocycles. The summed E-state index contributed by atoms with van der Waals surface area (Å²) in [6, 6.07) is 14.9. The maximum Gasteiger partial charge on any atom is 0.230 e. The molecule has 2 aromatic carbocycles. The summed E-state index contributed by atoms with van der Waals surface area (Å²) in [5.74, 6) is -0.630. The van der Waals surface area contributed by atoms with E-state index in [1.807, 2.05) is 42.5 Å². The Bertz CT molecular complexity index is 760. The Morgan fingerprint density at radius 1 is 1.26 bits per heavy atom. The van der Waals surface area contributed by atoms with Gasteiger partial charge in [0.1, 0.15) is 0 Å². The molecule has 2 amide bonds. The van der Waals surface area contributed by atoms with Crippen molar-refractivity contribution < 1.29 is 9.59 Å². The summed E-state index contributed by atoms with van der Waals surface area (Å²) < 4.78 is 0. The molecule has 3 rings (SSSR count). The van der Waals surface area contributed by atoms with Crippen LogP contribution >= 0.6 is 11.6 Å². The second-order valence-corrected chi connectivity index (χ2v) is 6.15. The molecule has 0 radical (unpaired) electrons. The van der Waals surface area contributed by atoms with Crippen molar-refractivity contribution in [1.82, 2.24) is 4.90 Å². The lowest BCUT2D eigenvalue weighted by Crippen LogP contribution is -2.36. The van der Waals surface area contributed by atoms with E-state index in [2.05, 4.69) is 5.32 Å². The Kier molecular flexibility index (Phi) is 4.35. The first-order valence-electron chi connectivity index (χ1n) is 7.43. The molecule has 0 spiro atoms. The number of hydrogen-bond donors (Lipinski definition) is 1. The molecule has 23 heavy (non-hydrogen) atoms. The van der Waals surface area contributed by atoms with Gasteiger partial charge in [-0.15, -0.1) is 0 Å². The average molecular weight is 329 g/mol. The van der Waals surface area contributed by atoms with E-state index in [-0.39, 0.29) is 18.2 Å². The van der Waals surface area contributed by atoms with Gasteiger partial charge in [0.2, 0.25) is 11.8 Å². The van der Waals surface area contributed by atoms with E-state index < -0.39 is 5.92 Å². The average Bonchev–Trinajstić information content (AvgIpc) is 2.53. The molecule has 5 heteroatoms. The summed E-state index contributed by atoms with van der Waals surface area (Å²) in [4.78, 5) is 26.3. The Morgan fingerprint density at radius 2 is 2.04 bits per heavy atom. The molecular weight excluding hydrogens is 312 g/mol. The largest absolute Gasteiger partial charge is 0.341 e. The topological polar surface area (TPSA) is 49.4 Å². The van der Waals surface area contributed by atoms with Crippen LogP contribution in [0.15, 0.2) is 48.5 Å². The minimum atomic E-state index is -0.441. The van der Waals surface area contributed by atoms with Gasteiger partial charge in [0.25, 0.3) is 0 Å². The predicted octanol–water partition coefficient (Wildman–Crippen LogP) is 3.42. The van der Waals surface area contributed by atoms with Crippen molar-refractivity contribution in [2.45, 2.75) is 18.9 Å². The van der Waals surface area contributed by atoms with Crippen molar-refractivity contribution in [3.8, 4) is 0 Å². The van der Waals surface area contributed by atoms with Gasteiger partial charge < -0.3 is 10.2 Å². The fourth-order valence-electron chi connectivity index (χ4n) is 2.88. The maximum absolute atomic E-state index is 12.8. The van der Waals surface area contributed by atoms with Crippen molar-refractivity contribution in [3.05, 3.63) is 64.7 Å². The molecule has 1 heterocycles. The van der Waals surface area contributed by atoms with Gasteiger partial charge in [0.15, 0.2) is 0 Å². The van der Waals surface area contributed by atoms with Crippen LogP contribution in [0.1, 0.15) is 23.5 Å². The normalized spacial score (nSPS) is 16.4. The third-order valence-electron chi connectivity index (χ3n) is 3.98. The van der Waals surface area contributed by atoms with Crippen LogP contribution in [0.5, 0.6) is 0 Å². The van der Waals surface area contributed by atoms with Crippen molar-refractivity contribution >= 4 is 29.1 Å². The highest BCUT2D eigenvalue weighted by Gasteiger charge is 2.32. The van der Waals surface area contributed by atoms with E-state index in [1.54, 1.807) is 18.0 Å². The van der Waals surface area contributed by atoms with E-state index in [4.69, 9.17) is 11.6 Å². The molecule has 1 atom stereocenters. The van der Waals surface area contributed by atoms with E-state index in [0.717, 1.165) is 16.8 Å². The Labute approximate surface area is 140 Å². The molecule has 0 aliphatic carbocycles. The summed E-state index contributed by atoms with van der Waals surface area (Å²) in [7, 11) is 1.75. The maximum atomic E-state index is 12.8. The van der Waals surface area contributed by atoms with Gasteiger partial charge >= 0.3 is 0 Å². The quantitative estimate of drug-likeness (QED) is 0.938. The molecule has 0 fully saturated rings. The number of fused-ring (bicyclic) bond motifs is 1. The van der Waals surface area contributed by atoms with Crippen LogP contribution in [0.25, 0.3) is 0 Å². The van der Waals surface area contributed by atoms with Crippen molar-refractivity contribution in [2.24, 2.45) is 0 Å². The number of nitrogens with zero attached hydrogens (tertiary/aromatic N) is 1. The van der Waals surface area contributed by atoms with Gasteiger partial charge in [-0.3, -0.25) is 9.59 Å². The fourth-order valence-corrected chi connectivity index (χ4v) is 3.10. The number of amides is 2. The van der Waals surface area contributed by atoms with Gasteiger partial charge in [-0.1, -0.05) is 41.9 Å². The molecule has 0 bridgehead atoms. The lowest BCUT2D eigenvalue weighted by Gasteiger charge is -2.28. The van der Waals surface area contributed by atoms with E-state index in [9.17, 15) is 9.59 Å². The number of anilines is 1. The second kappa shape index (κ2) is 6.42. The summed E-state index contributed by atoms with van der Waals surface area (Å²) in [5.41, 5.74) is 2.55. The summed E-state index contributed by atoms with van der Waals surface area (Å²) >= 11 is 5.99. The molecule has 1 aliphatic rings. The van der Waals surface area contributed by atoms with Crippen molar-refractivity contribution in [1.29, 1.82) is 0 Å². The SMILES string of the molecule is CN(Cc1cccc(Cl)c1)C(=O)C1CC(=O)Nc2ccccc21. The number of carbonyl (C=O) groups is 2. The number of likely N-dealkylation sites (N-methyl/N-ethyl adjacent to an activating group) is 1. The Hall–Kier alpha value is -2.33. The zero-order valence-corrected chi connectivity index (χ0v) is 13.5. The smallest absolute Gasteiger partial charge is 0.230 e. The molecule has 1 unspecified atom stereocenters. The highest BCUT2D eigenvalue weighted by molar-refractivity contribution is 6.30. The first-order valence-corrected chi connectivity index (χ1v) is 7.80.